The van der Waals surface area contributed by atoms with Crippen LogP contribution in [-0.2, 0) is 5.54 Å². The maximum Gasteiger partial charge on any atom is 0.0417 e. The molecule has 2 atom stereocenters. The Balaban J connectivity index is 2.04. The quantitative estimate of drug-likeness (QED) is 0.786. The molecule has 1 aliphatic rings. The summed E-state index contributed by atoms with van der Waals surface area (Å²) >= 11 is 0. The molecule has 0 aliphatic heterocycles. The van der Waals surface area contributed by atoms with Crippen molar-refractivity contribution in [2.75, 3.05) is 0 Å². The Kier molecular flexibility index (Phi) is 3.13. The van der Waals surface area contributed by atoms with Crippen molar-refractivity contribution in [2.24, 2.45) is 17.1 Å². The average molecular weight is 267 g/mol. The van der Waals surface area contributed by atoms with E-state index in [1.54, 1.807) is 0 Å². The second kappa shape index (κ2) is 4.60. The highest BCUT2D eigenvalue weighted by Gasteiger charge is 2.41. The van der Waals surface area contributed by atoms with Crippen LogP contribution < -0.4 is 5.73 Å². The van der Waals surface area contributed by atoms with Crippen LogP contribution in [-0.4, -0.2) is 0 Å². The van der Waals surface area contributed by atoms with Crippen LogP contribution in [0.2, 0.25) is 0 Å². The fraction of sp³-hybridized carbons (Fsp3) is 0.474. The van der Waals surface area contributed by atoms with Gasteiger partial charge in [-0.15, -0.1) is 0 Å². The predicted molar refractivity (Wildman–Crippen MR) is 86.6 cm³/mol. The highest BCUT2D eigenvalue weighted by Crippen LogP contribution is 2.47. The molecule has 2 aromatic carbocycles. The SMILES string of the molecule is CC1CC(C)(C)CC(N)(c2ccc3ccccc3c2)C1. The third-order valence-electron chi connectivity index (χ3n) is 4.73. The van der Waals surface area contributed by atoms with Crippen molar-refractivity contribution < 1.29 is 0 Å². The van der Waals surface area contributed by atoms with Gasteiger partial charge in [-0.1, -0.05) is 57.2 Å². The highest BCUT2D eigenvalue weighted by atomic mass is 14.8. The number of rotatable bonds is 1. The largest absolute Gasteiger partial charge is 0.321 e. The van der Waals surface area contributed by atoms with Crippen LogP contribution in [0.3, 0.4) is 0 Å². The van der Waals surface area contributed by atoms with Crippen LogP contribution in [0.5, 0.6) is 0 Å². The van der Waals surface area contributed by atoms with E-state index in [2.05, 4.69) is 63.2 Å². The molecule has 106 valence electrons. The van der Waals surface area contributed by atoms with E-state index < -0.39 is 0 Å². The van der Waals surface area contributed by atoms with E-state index >= 15 is 0 Å². The summed E-state index contributed by atoms with van der Waals surface area (Å²) in [6.45, 7) is 7.04. The lowest BCUT2D eigenvalue weighted by molar-refractivity contribution is 0.107. The molecule has 1 aliphatic carbocycles. The van der Waals surface area contributed by atoms with E-state index in [1.807, 2.05) is 0 Å². The lowest BCUT2D eigenvalue weighted by Gasteiger charge is -2.46. The van der Waals surface area contributed by atoms with Gasteiger partial charge in [-0.05, 0) is 53.0 Å². The number of fused-ring (bicyclic) bond motifs is 1. The maximum atomic E-state index is 6.84. The molecule has 2 aromatic rings. The maximum absolute atomic E-state index is 6.84. The van der Waals surface area contributed by atoms with E-state index in [0.717, 1.165) is 12.8 Å². The summed E-state index contributed by atoms with van der Waals surface area (Å²) in [5.41, 5.74) is 8.30. The first-order valence-electron chi connectivity index (χ1n) is 7.66. The van der Waals surface area contributed by atoms with Gasteiger partial charge in [-0.3, -0.25) is 0 Å². The molecule has 1 saturated carbocycles. The lowest BCUT2D eigenvalue weighted by Crippen LogP contribution is -2.46. The summed E-state index contributed by atoms with van der Waals surface area (Å²) in [6, 6.07) is 15.3. The van der Waals surface area contributed by atoms with Crippen molar-refractivity contribution in [3.8, 4) is 0 Å². The molecule has 0 amide bonds. The fourth-order valence-electron chi connectivity index (χ4n) is 4.35. The molecular formula is C19H25N. The molecular weight excluding hydrogens is 242 g/mol. The Morgan fingerprint density at radius 3 is 2.40 bits per heavy atom. The molecule has 0 radical (unpaired) electrons. The Labute approximate surface area is 122 Å². The van der Waals surface area contributed by atoms with Gasteiger partial charge in [-0.2, -0.15) is 0 Å². The van der Waals surface area contributed by atoms with Crippen LogP contribution in [0.15, 0.2) is 42.5 Å². The molecule has 2 unspecified atom stereocenters. The normalized spacial score (nSPS) is 29.5. The zero-order valence-corrected chi connectivity index (χ0v) is 12.8. The molecule has 3 rings (SSSR count). The lowest BCUT2D eigenvalue weighted by atomic mass is 9.62. The van der Waals surface area contributed by atoms with Crippen molar-refractivity contribution in [3.05, 3.63) is 48.0 Å². The van der Waals surface area contributed by atoms with E-state index in [0.29, 0.717) is 11.3 Å². The summed E-state index contributed by atoms with van der Waals surface area (Å²) in [5.74, 6) is 0.690. The number of hydrogen-bond donors (Lipinski definition) is 1. The fourth-order valence-corrected chi connectivity index (χ4v) is 4.35. The van der Waals surface area contributed by atoms with Gasteiger partial charge >= 0.3 is 0 Å². The molecule has 0 aromatic heterocycles. The number of nitrogens with two attached hydrogens (primary N) is 1. The van der Waals surface area contributed by atoms with E-state index in [-0.39, 0.29) is 5.54 Å². The van der Waals surface area contributed by atoms with Crippen molar-refractivity contribution in [2.45, 2.75) is 45.6 Å². The van der Waals surface area contributed by atoms with Gasteiger partial charge in [0.2, 0.25) is 0 Å². The Morgan fingerprint density at radius 2 is 1.70 bits per heavy atom. The summed E-state index contributed by atoms with van der Waals surface area (Å²) < 4.78 is 0. The van der Waals surface area contributed by atoms with Crippen LogP contribution in [0.1, 0.15) is 45.6 Å². The molecule has 1 nitrogen and oxygen atoms in total. The van der Waals surface area contributed by atoms with Crippen molar-refractivity contribution in [1.82, 2.24) is 0 Å². The topological polar surface area (TPSA) is 26.0 Å². The molecule has 0 saturated heterocycles. The zero-order chi connectivity index (χ0) is 14.4. The summed E-state index contributed by atoms with van der Waals surface area (Å²) in [4.78, 5) is 0. The van der Waals surface area contributed by atoms with Gasteiger partial charge in [0.05, 0.1) is 0 Å². The van der Waals surface area contributed by atoms with E-state index in [4.69, 9.17) is 5.73 Å². The summed E-state index contributed by atoms with van der Waals surface area (Å²) in [5, 5.41) is 2.59. The predicted octanol–water partition coefficient (Wildman–Crippen LogP) is 4.84. The smallest absolute Gasteiger partial charge is 0.0417 e. The number of hydrogen-bond acceptors (Lipinski definition) is 1. The monoisotopic (exact) mass is 267 g/mol. The molecule has 1 heteroatoms. The first-order chi connectivity index (χ1) is 9.38. The van der Waals surface area contributed by atoms with Gasteiger partial charge in [0, 0.05) is 5.54 Å². The Bertz CT molecular complexity index is 628. The van der Waals surface area contributed by atoms with Crippen LogP contribution in [0.25, 0.3) is 10.8 Å². The molecule has 0 heterocycles. The van der Waals surface area contributed by atoms with Crippen LogP contribution >= 0.6 is 0 Å². The molecule has 0 spiro atoms. The van der Waals surface area contributed by atoms with Gasteiger partial charge in [0.15, 0.2) is 0 Å². The van der Waals surface area contributed by atoms with Gasteiger partial charge in [-0.25, -0.2) is 0 Å². The summed E-state index contributed by atoms with van der Waals surface area (Å²) in [7, 11) is 0. The van der Waals surface area contributed by atoms with Gasteiger partial charge < -0.3 is 5.73 Å². The first kappa shape index (κ1) is 13.6. The zero-order valence-electron chi connectivity index (χ0n) is 12.8. The Morgan fingerprint density at radius 1 is 1.00 bits per heavy atom. The molecule has 0 bridgehead atoms. The second-order valence-electron chi connectivity index (χ2n) is 7.57. The van der Waals surface area contributed by atoms with Gasteiger partial charge in [0.25, 0.3) is 0 Å². The summed E-state index contributed by atoms with van der Waals surface area (Å²) in [6.07, 6.45) is 3.44. The van der Waals surface area contributed by atoms with E-state index in [9.17, 15) is 0 Å². The number of benzene rings is 2. The standard InChI is InChI=1S/C19H25N/c1-14-11-18(2,3)13-19(20,12-14)17-9-8-15-6-4-5-7-16(15)10-17/h4-10,14H,11-13,20H2,1-3H3. The molecule has 2 N–H and O–H groups in total. The third kappa shape index (κ3) is 2.47. The minimum atomic E-state index is -0.175. The highest BCUT2D eigenvalue weighted by molar-refractivity contribution is 5.83. The molecule has 20 heavy (non-hydrogen) atoms. The van der Waals surface area contributed by atoms with Crippen molar-refractivity contribution in [1.29, 1.82) is 0 Å². The van der Waals surface area contributed by atoms with Crippen molar-refractivity contribution in [3.63, 3.8) is 0 Å². The first-order valence-corrected chi connectivity index (χ1v) is 7.66. The van der Waals surface area contributed by atoms with Gasteiger partial charge in [0.1, 0.15) is 0 Å². The second-order valence-corrected chi connectivity index (χ2v) is 7.57. The third-order valence-corrected chi connectivity index (χ3v) is 4.73. The van der Waals surface area contributed by atoms with Crippen LogP contribution in [0.4, 0.5) is 0 Å². The minimum absolute atomic E-state index is 0.175. The molecule has 1 fully saturated rings. The average Bonchev–Trinajstić information content (AvgIpc) is 2.35. The minimum Gasteiger partial charge on any atom is -0.321 e. The van der Waals surface area contributed by atoms with Crippen molar-refractivity contribution >= 4 is 10.8 Å². The van der Waals surface area contributed by atoms with E-state index in [1.165, 1.54) is 22.8 Å². The van der Waals surface area contributed by atoms with Crippen LogP contribution in [0, 0.1) is 11.3 Å². The Hall–Kier alpha value is -1.34.